The highest BCUT2D eigenvalue weighted by Crippen LogP contribution is 2.31. The standard InChI is InChI=1S/C11H5BrF4N2OS/c12-7-3-5(13)1-2-6(7)9(19)18-10-17-8(4-20-10)11(14,15)16/h1-4H,(H,17,18,19). The maximum Gasteiger partial charge on any atom is 0.434 e. The van der Waals surface area contributed by atoms with E-state index in [1.165, 1.54) is 6.07 Å². The molecule has 0 fully saturated rings. The van der Waals surface area contributed by atoms with Crippen LogP contribution in [0.4, 0.5) is 22.7 Å². The van der Waals surface area contributed by atoms with Crippen LogP contribution in [0.5, 0.6) is 0 Å². The molecule has 1 aromatic carbocycles. The lowest BCUT2D eigenvalue weighted by molar-refractivity contribution is -0.140. The summed E-state index contributed by atoms with van der Waals surface area (Å²) in [4.78, 5) is 15.1. The first-order chi connectivity index (χ1) is 9.27. The van der Waals surface area contributed by atoms with Gasteiger partial charge in [-0.25, -0.2) is 9.37 Å². The van der Waals surface area contributed by atoms with Crippen LogP contribution in [-0.2, 0) is 6.18 Å². The number of nitrogens with zero attached hydrogens (tertiary/aromatic N) is 1. The predicted molar refractivity (Wildman–Crippen MR) is 69.2 cm³/mol. The third-order valence-electron chi connectivity index (χ3n) is 2.19. The zero-order valence-corrected chi connectivity index (χ0v) is 11.9. The monoisotopic (exact) mass is 368 g/mol. The fourth-order valence-electron chi connectivity index (χ4n) is 1.30. The zero-order chi connectivity index (χ0) is 14.9. The average molecular weight is 369 g/mol. The van der Waals surface area contributed by atoms with Gasteiger partial charge < -0.3 is 0 Å². The second-order valence-corrected chi connectivity index (χ2v) is 5.33. The summed E-state index contributed by atoms with van der Waals surface area (Å²) in [5.41, 5.74) is -0.980. The van der Waals surface area contributed by atoms with Gasteiger partial charge in [0.15, 0.2) is 10.8 Å². The van der Waals surface area contributed by atoms with Crippen molar-refractivity contribution in [2.75, 3.05) is 5.32 Å². The molecule has 20 heavy (non-hydrogen) atoms. The molecule has 0 spiro atoms. The summed E-state index contributed by atoms with van der Waals surface area (Å²) in [5, 5.41) is 2.85. The number of benzene rings is 1. The van der Waals surface area contributed by atoms with Crippen molar-refractivity contribution in [2.24, 2.45) is 0 Å². The SMILES string of the molecule is O=C(Nc1nc(C(F)(F)F)cs1)c1ccc(F)cc1Br. The van der Waals surface area contributed by atoms with E-state index in [4.69, 9.17) is 0 Å². The summed E-state index contributed by atoms with van der Waals surface area (Å²) in [6.07, 6.45) is -4.56. The molecular formula is C11H5BrF4N2OS. The lowest BCUT2D eigenvalue weighted by Gasteiger charge is -2.04. The molecule has 9 heteroatoms. The van der Waals surface area contributed by atoms with Crippen LogP contribution in [-0.4, -0.2) is 10.9 Å². The Morgan fingerprint density at radius 3 is 2.60 bits per heavy atom. The number of aromatic nitrogens is 1. The number of carbonyl (C=O) groups is 1. The summed E-state index contributed by atoms with van der Waals surface area (Å²) in [7, 11) is 0. The molecule has 1 N–H and O–H groups in total. The van der Waals surface area contributed by atoms with Gasteiger partial charge in [0.25, 0.3) is 5.91 Å². The maximum atomic E-state index is 12.9. The molecule has 1 aromatic heterocycles. The lowest BCUT2D eigenvalue weighted by Crippen LogP contribution is -2.13. The minimum absolute atomic E-state index is 0.0927. The molecule has 0 saturated carbocycles. The largest absolute Gasteiger partial charge is 0.434 e. The molecule has 0 saturated heterocycles. The third kappa shape index (κ3) is 3.34. The molecule has 0 aliphatic heterocycles. The van der Waals surface area contributed by atoms with E-state index in [2.05, 4.69) is 26.2 Å². The molecule has 1 heterocycles. The van der Waals surface area contributed by atoms with E-state index in [1.54, 1.807) is 0 Å². The minimum atomic E-state index is -4.56. The average Bonchev–Trinajstić information content (AvgIpc) is 2.76. The number of alkyl halides is 3. The van der Waals surface area contributed by atoms with Crippen LogP contribution in [0, 0.1) is 5.82 Å². The Morgan fingerprint density at radius 2 is 2.05 bits per heavy atom. The van der Waals surface area contributed by atoms with E-state index >= 15 is 0 Å². The Bertz CT molecular complexity index is 656. The molecule has 0 radical (unpaired) electrons. The number of nitrogens with one attached hydrogen (secondary N) is 1. The van der Waals surface area contributed by atoms with Crippen molar-refractivity contribution < 1.29 is 22.4 Å². The van der Waals surface area contributed by atoms with Crippen molar-refractivity contribution in [2.45, 2.75) is 6.18 Å². The highest BCUT2D eigenvalue weighted by molar-refractivity contribution is 9.10. The van der Waals surface area contributed by atoms with Gasteiger partial charge in [0.05, 0.1) is 5.56 Å². The molecule has 0 atom stereocenters. The molecule has 2 rings (SSSR count). The number of anilines is 1. The predicted octanol–water partition coefficient (Wildman–Crippen LogP) is 4.32. The molecule has 0 aliphatic carbocycles. The quantitative estimate of drug-likeness (QED) is 0.802. The Morgan fingerprint density at radius 1 is 1.35 bits per heavy atom. The van der Waals surface area contributed by atoms with E-state index in [-0.39, 0.29) is 15.2 Å². The first-order valence-electron chi connectivity index (χ1n) is 5.06. The molecule has 1 amide bonds. The van der Waals surface area contributed by atoms with Crippen LogP contribution < -0.4 is 5.32 Å². The highest BCUT2D eigenvalue weighted by Gasteiger charge is 2.33. The smallest absolute Gasteiger partial charge is 0.298 e. The van der Waals surface area contributed by atoms with Crippen LogP contribution in [0.2, 0.25) is 0 Å². The molecule has 0 unspecified atom stereocenters. The van der Waals surface area contributed by atoms with Crippen molar-refractivity contribution in [3.8, 4) is 0 Å². The molecule has 3 nitrogen and oxygen atoms in total. The molecule has 2 aromatic rings. The number of rotatable bonds is 2. The third-order valence-corrected chi connectivity index (χ3v) is 3.60. The van der Waals surface area contributed by atoms with Gasteiger partial charge in [-0.15, -0.1) is 11.3 Å². The van der Waals surface area contributed by atoms with Crippen molar-refractivity contribution in [3.63, 3.8) is 0 Å². The second kappa shape index (κ2) is 5.49. The summed E-state index contributed by atoms with van der Waals surface area (Å²) in [5.74, 6) is -1.22. The molecule has 106 valence electrons. The van der Waals surface area contributed by atoms with Gasteiger partial charge in [0.2, 0.25) is 0 Å². The Labute approximate surface area is 122 Å². The highest BCUT2D eigenvalue weighted by atomic mass is 79.9. The topological polar surface area (TPSA) is 42.0 Å². The van der Waals surface area contributed by atoms with Gasteiger partial charge in [0, 0.05) is 9.85 Å². The second-order valence-electron chi connectivity index (χ2n) is 3.61. The lowest BCUT2D eigenvalue weighted by atomic mass is 10.2. The number of amides is 1. The van der Waals surface area contributed by atoms with Crippen molar-refractivity contribution in [3.05, 3.63) is 45.1 Å². The number of carbonyl (C=O) groups excluding carboxylic acids is 1. The van der Waals surface area contributed by atoms with E-state index in [9.17, 15) is 22.4 Å². The van der Waals surface area contributed by atoms with Gasteiger partial charge in [-0.3, -0.25) is 10.1 Å². The van der Waals surface area contributed by atoms with Gasteiger partial charge in [-0.2, -0.15) is 13.2 Å². The summed E-state index contributed by atoms with van der Waals surface area (Å²) >= 11 is 3.66. The summed E-state index contributed by atoms with van der Waals surface area (Å²) < 4.78 is 50.1. The summed E-state index contributed by atoms with van der Waals surface area (Å²) in [6, 6.07) is 3.37. The van der Waals surface area contributed by atoms with Gasteiger partial charge in [-0.1, -0.05) is 0 Å². The van der Waals surface area contributed by atoms with E-state index in [0.29, 0.717) is 11.3 Å². The van der Waals surface area contributed by atoms with E-state index in [1.807, 2.05) is 0 Å². The number of halogens is 5. The molecule has 0 aliphatic rings. The number of hydrogen-bond donors (Lipinski definition) is 1. The van der Waals surface area contributed by atoms with Crippen LogP contribution >= 0.6 is 27.3 Å². The Hall–Kier alpha value is -1.48. The zero-order valence-electron chi connectivity index (χ0n) is 9.46. The van der Waals surface area contributed by atoms with E-state index in [0.717, 1.165) is 17.5 Å². The number of thiazole rings is 1. The van der Waals surface area contributed by atoms with Crippen LogP contribution in [0.1, 0.15) is 16.1 Å². The van der Waals surface area contributed by atoms with Gasteiger partial charge in [-0.05, 0) is 34.1 Å². The number of hydrogen-bond acceptors (Lipinski definition) is 3. The Kier molecular flexibility index (Phi) is 4.09. The van der Waals surface area contributed by atoms with Crippen molar-refractivity contribution in [1.82, 2.24) is 4.98 Å². The summed E-state index contributed by atoms with van der Waals surface area (Å²) in [6.45, 7) is 0. The van der Waals surface area contributed by atoms with Crippen LogP contribution in [0.3, 0.4) is 0 Å². The van der Waals surface area contributed by atoms with Crippen molar-refractivity contribution >= 4 is 38.3 Å². The Balaban J connectivity index is 2.17. The first-order valence-corrected chi connectivity index (χ1v) is 6.74. The van der Waals surface area contributed by atoms with Crippen LogP contribution in [0.25, 0.3) is 0 Å². The fraction of sp³-hybridized carbons (Fsp3) is 0.0909. The minimum Gasteiger partial charge on any atom is -0.298 e. The van der Waals surface area contributed by atoms with Crippen molar-refractivity contribution in [1.29, 1.82) is 0 Å². The van der Waals surface area contributed by atoms with E-state index < -0.39 is 23.6 Å². The molecule has 0 bridgehead atoms. The maximum absolute atomic E-state index is 12.9. The van der Waals surface area contributed by atoms with Gasteiger partial charge >= 0.3 is 6.18 Å². The normalized spacial score (nSPS) is 11.4. The first kappa shape index (κ1) is 14.9. The van der Waals surface area contributed by atoms with Gasteiger partial charge in [0.1, 0.15) is 5.82 Å². The van der Waals surface area contributed by atoms with Crippen LogP contribution in [0.15, 0.2) is 28.1 Å². The molecular weight excluding hydrogens is 364 g/mol. The fourth-order valence-corrected chi connectivity index (χ4v) is 2.54.